The van der Waals surface area contributed by atoms with Crippen LogP contribution in [0.4, 0.5) is 4.79 Å². The van der Waals surface area contributed by atoms with Crippen molar-refractivity contribution < 1.29 is 19.1 Å². The Balaban J connectivity index is 1.43. The Kier molecular flexibility index (Phi) is 7.14. The number of benzene rings is 3. The number of carbonyl (C=O) groups is 2. The van der Waals surface area contributed by atoms with Crippen LogP contribution in [-0.4, -0.2) is 29.3 Å². The van der Waals surface area contributed by atoms with Gasteiger partial charge in [0.1, 0.15) is 24.7 Å². The smallest absolute Gasteiger partial charge is 0.293 e. The van der Waals surface area contributed by atoms with E-state index in [1.807, 2.05) is 60.7 Å². The fourth-order valence-electron chi connectivity index (χ4n) is 3.13. The Bertz CT molecular complexity index is 1150. The number of halogens is 1. The van der Waals surface area contributed by atoms with Crippen LogP contribution >= 0.6 is 23.4 Å². The van der Waals surface area contributed by atoms with Crippen molar-refractivity contribution in [2.24, 2.45) is 0 Å². The second kappa shape index (κ2) is 10.4. The molecule has 3 aromatic rings. The summed E-state index contributed by atoms with van der Waals surface area (Å²) in [6.45, 7) is 0.858. The van der Waals surface area contributed by atoms with Crippen LogP contribution in [0.15, 0.2) is 83.8 Å². The van der Waals surface area contributed by atoms with Crippen molar-refractivity contribution in [2.75, 3.05) is 13.2 Å². The first kappa shape index (κ1) is 22.0. The lowest BCUT2D eigenvalue weighted by Crippen LogP contribution is -2.27. The van der Waals surface area contributed by atoms with Crippen LogP contribution in [0.25, 0.3) is 6.08 Å². The highest BCUT2D eigenvalue weighted by atomic mass is 35.5. The topological polar surface area (TPSA) is 55.8 Å². The predicted molar refractivity (Wildman–Crippen MR) is 127 cm³/mol. The van der Waals surface area contributed by atoms with Gasteiger partial charge in [-0.25, -0.2) is 0 Å². The fourth-order valence-corrected chi connectivity index (χ4v) is 4.16. The molecule has 0 aliphatic carbocycles. The summed E-state index contributed by atoms with van der Waals surface area (Å²) in [4.78, 5) is 26.9. The second-order valence-corrected chi connectivity index (χ2v) is 8.31. The summed E-state index contributed by atoms with van der Waals surface area (Å²) in [6, 6.07) is 24.0. The molecule has 5 nitrogen and oxygen atoms in total. The summed E-state index contributed by atoms with van der Waals surface area (Å²) in [6.07, 6.45) is 1.69. The first-order valence-corrected chi connectivity index (χ1v) is 11.2. The molecule has 1 saturated heterocycles. The van der Waals surface area contributed by atoms with Gasteiger partial charge in [-0.2, -0.15) is 0 Å². The molecule has 0 saturated carbocycles. The standard InChI is InChI=1S/C25H20ClNO4S/c26-21-12-6-4-9-19(21)17-27-24(28)23(32-25(27)29)16-18-8-5-7-13-22(18)31-15-14-30-20-10-2-1-3-11-20/h1-13,16H,14-15,17H2/b23-16+. The quantitative estimate of drug-likeness (QED) is 0.300. The third-order valence-corrected chi connectivity index (χ3v) is 5.99. The summed E-state index contributed by atoms with van der Waals surface area (Å²) in [5, 5.41) is 0.197. The monoisotopic (exact) mass is 465 g/mol. The van der Waals surface area contributed by atoms with Gasteiger partial charge in [-0.1, -0.05) is 66.2 Å². The highest BCUT2D eigenvalue weighted by Crippen LogP contribution is 2.35. The minimum atomic E-state index is -0.345. The number of rotatable bonds is 8. The number of thioether (sulfide) groups is 1. The fraction of sp³-hybridized carbons (Fsp3) is 0.120. The maximum Gasteiger partial charge on any atom is 0.293 e. The maximum atomic E-state index is 12.9. The molecule has 3 aromatic carbocycles. The number of hydrogen-bond acceptors (Lipinski definition) is 5. The van der Waals surface area contributed by atoms with Gasteiger partial charge in [0.2, 0.25) is 0 Å². The molecule has 0 unspecified atom stereocenters. The Labute approximate surface area is 195 Å². The van der Waals surface area contributed by atoms with Gasteiger partial charge in [0, 0.05) is 10.6 Å². The van der Waals surface area contributed by atoms with Gasteiger partial charge in [-0.3, -0.25) is 14.5 Å². The molecule has 1 heterocycles. The van der Waals surface area contributed by atoms with Crippen molar-refractivity contribution in [1.29, 1.82) is 0 Å². The van der Waals surface area contributed by atoms with E-state index in [0.29, 0.717) is 28.9 Å². The third-order valence-electron chi connectivity index (χ3n) is 4.72. The second-order valence-electron chi connectivity index (χ2n) is 6.91. The average Bonchev–Trinajstić information content (AvgIpc) is 3.07. The van der Waals surface area contributed by atoms with Crippen LogP contribution in [-0.2, 0) is 11.3 Å². The van der Waals surface area contributed by atoms with Crippen LogP contribution in [0.2, 0.25) is 5.02 Å². The van der Waals surface area contributed by atoms with Gasteiger partial charge in [-0.15, -0.1) is 0 Å². The molecule has 0 radical (unpaired) electrons. The van der Waals surface area contributed by atoms with Crippen molar-refractivity contribution in [2.45, 2.75) is 6.54 Å². The molecule has 162 valence electrons. The highest BCUT2D eigenvalue weighted by molar-refractivity contribution is 8.18. The van der Waals surface area contributed by atoms with Crippen LogP contribution in [0.1, 0.15) is 11.1 Å². The average molecular weight is 466 g/mol. The molecule has 1 aliphatic rings. The van der Waals surface area contributed by atoms with Gasteiger partial charge >= 0.3 is 0 Å². The van der Waals surface area contributed by atoms with Crippen molar-refractivity contribution >= 4 is 40.6 Å². The molecule has 0 bridgehead atoms. The predicted octanol–water partition coefficient (Wildman–Crippen LogP) is 6.03. The van der Waals surface area contributed by atoms with E-state index in [2.05, 4.69) is 0 Å². The minimum absolute atomic E-state index is 0.136. The van der Waals surface area contributed by atoms with Crippen molar-refractivity contribution in [3.05, 3.63) is 99.9 Å². The zero-order chi connectivity index (χ0) is 22.3. The van der Waals surface area contributed by atoms with E-state index in [4.69, 9.17) is 21.1 Å². The number of imide groups is 1. The Morgan fingerprint density at radius 1 is 0.844 bits per heavy atom. The molecule has 0 spiro atoms. The van der Waals surface area contributed by atoms with Gasteiger partial charge in [0.15, 0.2) is 0 Å². The van der Waals surface area contributed by atoms with Gasteiger partial charge in [0.25, 0.3) is 11.1 Å². The van der Waals surface area contributed by atoms with E-state index in [9.17, 15) is 9.59 Å². The molecular formula is C25H20ClNO4S. The molecule has 0 atom stereocenters. The summed E-state index contributed by atoms with van der Waals surface area (Å²) in [5.74, 6) is 1.04. The summed E-state index contributed by atoms with van der Waals surface area (Å²) in [7, 11) is 0. The SMILES string of the molecule is O=C1S/C(=C/c2ccccc2OCCOc2ccccc2)C(=O)N1Cc1ccccc1Cl. The van der Waals surface area contributed by atoms with E-state index < -0.39 is 0 Å². The van der Waals surface area contributed by atoms with Gasteiger partial charge in [0.05, 0.1) is 11.4 Å². The molecule has 7 heteroatoms. The minimum Gasteiger partial charge on any atom is -0.490 e. The van der Waals surface area contributed by atoms with Crippen molar-refractivity contribution in [3.63, 3.8) is 0 Å². The third kappa shape index (κ3) is 5.33. The zero-order valence-electron chi connectivity index (χ0n) is 17.1. The van der Waals surface area contributed by atoms with E-state index in [1.165, 1.54) is 4.90 Å². The number of carbonyl (C=O) groups excluding carboxylic acids is 2. The van der Waals surface area contributed by atoms with Gasteiger partial charge < -0.3 is 9.47 Å². The van der Waals surface area contributed by atoms with Crippen molar-refractivity contribution in [3.8, 4) is 11.5 Å². The number of hydrogen-bond donors (Lipinski definition) is 0. The Morgan fingerprint density at radius 3 is 2.34 bits per heavy atom. The lowest BCUT2D eigenvalue weighted by atomic mass is 10.1. The van der Waals surface area contributed by atoms with E-state index in [0.717, 1.165) is 28.6 Å². The summed E-state index contributed by atoms with van der Waals surface area (Å²) < 4.78 is 11.5. The van der Waals surface area contributed by atoms with E-state index in [-0.39, 0.29) is 17.7 Å². The van der Waals surface area contributed by atoms with Crippen LogP contribution in [0.5, 0.6) is 11.5 Å². The molecule has 2 amide bonds. The van der Waals surface area contributed by atoms with Gasteiger partial charge in [-0.05, 0) is 47.7 Å². The number of nitrogens with zero attached hydrogens (tertiary/aromatic N) is 1. The molecule has 1 aliphatic heterocycles. The van der Waals surface area contributed by atoms with Crippen molar-refractivity contribution in [1.82, 2.24) is 4.90 Å². The Morgan fingerprint density at radius 2 is 1.53 bits per heavy atom. The highest BCUT2D eigenvalue weighted by Gasteiger charge is 2.35. The summed E-state index contributed by atoms with van der Waals surface area (Å²) >= 11 is 7.10. The maximum absolute atomic E-state index is 12.9. The summed E-state index contributed by atoms with van der Waals surface area (Å²) in [5.41, 5.74) is 1.44. The zero-order valence-corrected chi connectivity index (χ0v) is 18.6. The molecule has 0 N–H and O–H groups in total. The molecule has 0 aromatic heterocycles. The normalized spacial score (nSPS) is 14.8. The van der Waals surface area contributed by atoms with E-state index in [1.54, 1.807) is 24.3 Å². The Hall–Kier alpha value is -3.22. The number of ether oxygens (including phenoxy) is 2. The first-order chi connectivity index (χ1) is 15.6. The lowest BCUT2D eigenvalue weighted by Gasteiger charge is -2.13. The number of para-hydroxylation sites is 2. The first-order valence-electron chi connectivity index (χ1n) is 10.0. The molecule has 4 rings (SSSR count). The lowest BCUT2D eigenvalue weighted by molar-refractivity contribution is -0.123. The van der Waals surface area contributed by atoms with Crippen LogP contribution < -0.4 is 9.47 Å². The molecule has 32 heavy (non-hydrogen) atoms. The molecule has 1 fully saturated rings. The largest absolute Gasteiger partial charge is 0.490 e. The van der Waals surface area contributed by atoms with Crippen LogP contribution in [0, 0.1) is 0 Å². The molecular weight excluding hydrogens is 446 g/mol. The van der Waals surface area contributed by atoms with E-state index >= 15 is 0 Å². The number of amides is 2. The van der Waals surface area contributed by atoms with Crippen LogP contribution in [0.3, 0.4) is 0 Å².